The van der Waals surface area contributed by atoms with Gasteiger partial charge in [0.15, 0.2) is 0 Å². The Morgan fingerprint density at radius 1 is 0.600 bits per heavy atom. The molecule has 0 saturated carbocycles. The van der Waals surface area contributed by atoms with Crippen LogP contribution in [0.15, 0.2) is 58.5 Å². The number of hydrogen-bond donors (Lipinski definition) is 0. The number of para-hydroxylation sites is 2. The van der Waals surface area contributed by atoms with Gasteiger partial charge in [0.1, 0.15) is 0 Å². The second-order valence-corrected chi connectivity index (χ2v) is 8.12. The average molecular weight is 460 g/mol. The van der Waals surface area contributed by atoms with Crippen molar-refractivity contribution in [1.29, 1.82) is 0 Å². The van der Waals surface area contributed by atoms with Crippen LogP contribution in [0.5, 0.6) is 0 Å². The second kappa shape index (κ2) is 12.0. The summed E-state index contributed by atoms with van der Waals surface area (Å²) in [5, 5.41) is 0. The number of aryl methyl sites for hydroxylation is 4. The molecule has 1 aromatic heterocycles. The van der Waals surface area contributed by atoms with Crippen LogP contribution >= 0.6 is 11.3 Å². The van der Waals surface area contributed by atoms with Gasteiger partial charge in [-0.25, -0.2) is 0 Å². The van der Waals surface area contributed by atoms with Gasteiger partial charge in [-0.15, -0.1) is 11.3 Å². The molecule has 0 atom stereocenters. The molecule has 0 aliphatic rings. The number of hydrogen-bond acceptors (Lipinski definition) is 3. The average Bonchev–Trinajstić information content (AvgIpc) is 3.12. The van der Waals surface area contributed by atoms with E-state index in [1.807, 2.05) is 0 Å². The topological polar surface area (TPSA) is 24.7 Å². The van der Waals surface area contributed by atoms with E-state index in [9.17, 15) is 0 Å². The molecule has 3 rings (SSSR count). The number of rotatable bonds is 4. The molecule has 4 heteroatoms. The molecule has 0 aliphatic carbocycles. The Morgan fingerprint density at radius 2 is 0.900 bits per heavy atom. The fourth-order valence-corrected chi connectivity index (χ4v) is 4.03. The summed E-state index contributed by atoms with van der Waals surface area (Å²) in [5.41, 5.74) is 9.07. The van der Waals surface area contributed by atoms with Crippen LogP contribution in [-0.4, -0.2) is 11.4 Å². The zero-order chi connectivity index (χ0) is 19.6. The number of benzene rings is 2. The Hall–Kier alpha value is -2.00. The fraction of sp³-hybridized carbons (Fsp3) is 0.231. The van der Waals surface area contributed by atoms with Crippen molar-refractivity contribution >= 4 is 34.1 Å². The number of thiophene rings is 1. The zero-order valence-electron chi connectivity index (χ0n) is 19.3. The van der Waals surface area contributed by atoms with Crippen LogP contribution in [0.4, 0.5) is 11.4 Å². The molecule has 0 unspecified atom stereocenters. The zero-order valence-corrected chi connectivity index (χ0v) is 21.2. The Kier molecular flexibility index (Phi) is 11.2. The van der Waals surface area contributed by atoms with Gasteiger partial charge in [0.25, 0.3) is 0 Å². The predicted molar refractivity (Wildman–Crippen MR) is 133 cm³/mol. The molecule has 0 aliphatic heterocycles. The molecule has 0 spiro atoms. The Morgan fingerprint density at radius 3 is 1.20 bits per heavy atom. The van der Waals surface area contributed by atoms with Crippen molar-refractivity contribution in [2.75, 3.05) is 0 Å². The van der Waals surface area contributed by atoms with E-state index in [2.05, 4.69) is 90.1 Å². The Labute approximate surface area is 197 Å². The van der Waals surface area contributed by atoms with E-state index in [-0.39, 0.29) is 31.9 Å². The minimum Gasteiger partial charge on any atom is -0.358 e. The molecular formula is C26H32FeN2S. The normalized spacial score (nSPS) is 11.3. The van der Waals surface area contributed by atoms with Crippen molar-refractivity contribution in [3.8, 4) is 0 Å². The standard InChI is InChI=1S/C24H26N2S.2CH3.Fe/c1-15-9-7-10-16(2)23(15)25-19(5)21-13-14-22(27-21)20(6)26-24-17(3)11-8-12-18(24)4;;;/h7-14H,1-6H3;2*1H3;/q;2*-1;+2. The van der Waals surface area contributed by atoms with Gasteiger partial charge in [0.2, 0.25) is 0 Å². The van der Waals surface area contributed by atoms with Crippen LogP contribution in [0, 0.1) is 42.5 Å². The van der Waals surface area contributed by atoms with E-state index in [1.165, 1.54) is 32.0 Å². The molecule has 0 bridgehead atoms. The third-order valence-corrected chi connectivity index (χ3v) is 6.06. The molecule has 30 heavy (non-hydrogen) atoms. The summed E-state index contributed by atoms with van der Waals surface area (Å²) in [6.07, 6.45) is 0. The summed E-state index contributed by atoms with van der Waals surface area (Å²) in [5.74, 6) is 0. The maximum absolute atomic E-state index is 4.90. The minimum atomic E-state index is 0. The number of nitrogens with zero attached hydrogens (tertiary/aromatic N) is 2. The quantitative estimate of drug-likeness (QED) is 0.213. The largest absolute Gasteiger partial charge is 2.00 e. The van der Waals surface area contributed by atoms with Gasteiger partial charge in [-0.3, -0.25) is 9.98 Å². The SMILES string of the molecule is CC(=Nc1c(C)cccc1C)c1ccc(C(C)=Nc2c(C)cccc2C)s1.[CH3-].[CH3-].[Fe+2]. The van der Waals surface area contributed by atoms with E-state index in [4.69, 9.17) is 9.98 Å². The van der Waals surface area contributed by atoms with Gasteiger partial charge in [0, 0.05) is 9.75 Å². The molecular weight excluding hydrogens is 428 g/mol. The first-order chi connectivity index (χ1) is 12.9. The minimum absolute atomic E-state index is 0. The van der Waals surface area contributed by atoms with Gasteiger partial charge >= 0.3 is 17.1 Å². The van der Waals surface area contributed by atoms with Crippen LogP contribution in [0.3, 0.4) is 0 Å². The summed E-state index contributed by atoms with van der Waals surface area (Å²) in [6, 6.07) is 16.9. The van der Waals surface area contributed by atoms with E-state index in [0.717, 1.165) is 22.8 Å². The first-order valence-corrected chi connectivity index (χ1v) is 10.0. The molecule has 0 saturated heterocycles. The number of aliphatic imine (C=N–C) groups is 2. The van der Waals surface area contributed by atoms with Gasteiger partial charge in [-0.2, -0.15) is 0 Å². The molecule has 0 fully saturated rings. The monoisotopic (exact) mass is 460 g/mol. The smallest absolute Gasteiger partial charge is 0.358 e. The van der Waals surface area contributed by atoms with Gasteiger partial charge in [-0.1, -0.05) is 36.4 Å². The van der Waals surface area contributed by atoms with E-state index < -0.39 is 0 Å². The first-order valence-electron chi connectivity index (χ1n) is 9.20. The third kappa shape index (κ3) is 6.25. The molecule has 2 aromatic carbocycles. The summed E-state index contributed by atoms with van der Waals surface area (Å²) >= 11 is 1.75. The van der Waals surface area contributed by atoms with Crippen LogP contribution < -0.4 is 0 Å². The maximum Gasteiger partial charge on any atom is 2.00 e. The summed E-state index contributed by atoms with van der Waals surface area (Å²) in [4.78, 5) is 12.2. The fourth-order valence-electron chi connectivity index (χ4n) is 3.14. The van der Waals surface area contributed by atoms with Crippen LogP contribution in [-0.2, 0) is 17.1 Å². The van der Waals surface area contributed by atoms with Crippen LogP contribution in [0.25, 0.3) is 0 Å². The van der Waals surface area contributed by atoms with Gasteiger partial charge < -0.3 is 14.9 Å². The van der Waals surface area contributed by atoms with Crippen LogP contribution in [0.2, 0.25) is 0 Å². The van der Waals surface area contributed by atoms with E-state index >= 15 is 0 Å². The van der Waals surface area contributed by atoms with Crippen molar-refractivity contribution < 1.29 is 17.1 Å². The second-order valence-electron chi connectivity index (χ2n) is 7.04. The van der Waals surface area contributed by atoms with Crippen molar-refractivity contribution in [3.63, 3.8) is 0 Å². The molecule has 2 nitrogen and oxygen atoms in total. The molecule has 0 radical (unpaired) electrons. The summed E-state index contributed by atoms with van der Waals surface area (Å²) < 4.78 is 0. The molecule has 0 N–H and O–H groups in total. The maximum atomic E-state index is 4.90. The third-order valence-electron chi connectivity index (χ3n) is 4.76. The van der Waals surface area contributed by atoms with E-state index in [1.54, 1.807) is 11.3 Å². The van der Waals surface area contributed by atoms with Crippen molar-refractivity contribution in [2.24, 2.45) is 9.98 Å². The first kappa shape index (κ1) is 28.0. The molecule has 0 amide bonds. The summed E-state index contributed by atoms with van der Waals surface area (Å²) in [6.45, 7) is 12.6. The van der Waals surface area contributed by atoms with Crippen molar-refractivity contribution in [3.05, 3.63) is 95.4 Å². The molecule has 160 valence electrons. The Balaban J connectivity index is 0.00000280. The van der Waals surface area contributed by atoms with E-state index in [0.29, 0.717) is 0 Å². The Bertz CT molecular complexity index is 922. The molecule has 3 aromatic rings. The van der Waals surface area contributed by atoms with Crippen molar-refractivity contribution in [2.45, 2.75) is 41.5 Å². The van der Waals surface area contributed by atoms with Gasteiger partial charge in [-0.05, 0) is 75.9 Å². The van der Waals surface area contributed by atoms with Crippen LogP contribution in [0.1, 0.15) is 45.9 Å². The summed E-state index contributed by atoms with van der Waals surface area (Å²) in [7, 11) is 0. The van der Waals surface area contributed by atoms with Crippen molar-refractivity contribution in [1.82, 2.24) is 0 Å². The predicted octanol–water partition coefficient (Wildman–Crippen LogP) is 8.16. The molecule has 1 heterocycles. The van der Waals surface area contributed by atoms with Gasteiger partial charge in [0.05, 0.1) is 22.8 Å².